The number of carboxylic acids is 1. The lowest BCUT2D eigenvalue weighted by Crippen LogP contribution is -2.41. The van der Waals surface area contributed by atoms with Gasteiger partial charge in [-0.2, -0.15) is 26.3 Å². The number of halogens is 6. The molecule has 4 nitrogen and oxygen atoms in total. The van der Waals surface area contributed by atoms with Crippen molar-refractivity contribution in [3.8, 4) is 0 Å². The second kappa shape index (κ2) is 9.70. The quantitative estimate of drug-likeness (QED) is 0.453. The van der Waals surface area contributed by atoms with Crippen molar-refractivity contribution in [3.63, 3.8) is 0 Å². The van der Waals surface area contributed by atoms with Crippen molar-refractivity contribution in [2.24, 2.45) is 0 Å². The van der Waals surface area contributed by atoms with Gasteiger partial charge in [0.15, 0.2) is 5.92 Å². The highest BCUT2D eigenvalue weighted by Gasteiger charge is 2.36. The predicted octanol–water partition coefficient (Wildman–Crippen LogP) is 5.21. The first-order chi connectivity index (χ1) is 13.9. The van der Waals surface area contributed by atoms with Crippen LogP contribution in [0.2, 0.25) is 0 Å². The van der Waals surface area contributed by atoms with Gasteiger partial charge in [-0.15, -0.1) is 0 Å². The molecule has 0 radical (unpaired) electrons. The van der Waals surface area contributed by atoms with Crippen LogP contribution in [0.4, 0.5) is 26.3 Å². The molecule has 1 amide bonds. The Morgan fingerprint density at radius 3 is 2.23 bits per heavy atom. The van der Waals surface area contributed by atoms with Gasteiger partial charge in [0, 0.05) is 12.5 Å². The van der Waals surface area contributed by atoms with Gasteiger partial charge >= 0.3 is 18.3 Å². The number of benzene rings is 1. The Morgan fingerprint density at radius 1 is 1.07 bits per heavy atom. The Bertz CT molecular complexity index is 754. The van der Waals surface area contributed by atoms with E-state index in [1.54, 1.807) is 0 Å². The van der Waals surface area contributed by atoms with Crippen LogP contribution in [-0.4, -0.2) is 29.2 Å². The Morgan fingerprint density at radius 2 is 1.70 bits per heavy atom. The minimum absolute atomic E-state index is 0.217. The van der Waals surface area contributed by atoms with Crippen molar-refractivity contribution in [1.82, 2.24) is 5.32 Å². The average Bonchev–Trinajstić information content (AvgIpc) is 2.61. The molecule has 0 aliphatic heterocycles. The lowest BCUT2D eigenvalue weighted by Gasteiger charge is -2.25. The summed E-state index contributed by atoms with van der Waals surface area (Å²) in [6.07, 6.45) is -7.35. The van der Waals surface area contributed by atoms with Gasteiger partial charge in [0.1, 0.15) is 0 Å². The molecule has 1 fully saturated rings. The fourth-order valence-electron chi connectivity index (χ4n) is 3.68. The van der Waals surface area contributed by atoms with E-state index in [0.717, 1.165) is 25.3 Å². The van der Waals surface area contributed by atoms with Crippen LogP contribution < -0.4 is 5.32 Å². The second-order valence-corrected chi connectivity index (χ2v) is 7.49. The monoisotopic (exact) mass is 439 g/mol. The summed E-state index contributed by atoms with van der Waals surface area (Å²) in [6, 6.07) is 1.93. The molecule has 0 aromatic heterocycles. The molecule has 2 N–H and O–H groups in total. The number of carbonyl (C=O) groups excluding carboxylic acids is 1. The third-order valence-corrected chi connectivity index (χ3v) is 5.15. The highest BCUT2D eigenvalue weighted by Crippen LogP contribution is 2.34. The molecule has 1 aliphatic carbocycles. The second-order valence-electron chi connectivity index (χ2n) is 7.49. The Hall–Kier alpha value is -2.26. The van der Waals surface area contributed by atoms with Crippen LogP contribution in [0.1, 0.15) is 67.6 Å². The SMILES string of the molecule is O=C(O)C(C(=O)NC1CCCCC1)c1ccc(C(F)(F)F)cc1CCCC(F)(F)F. The summed E-state index contributed by atoms with van der Waals surface area (Å²) in [5, 5.41) is 12.2. The van der Waals surface area contributed by atoms with E-state index in [-0.39, 0.29) is 17.2 Å². The number of aryl methyl sites for hydroxylation is 1. The van der Waals surface area contributed by atoms with Crippen LogP contribution in [0.25, 0.3) is 0 Å². The maximum absolute atomic E-state index is 13.1. The summed E-state index contributed by atoms with van der Waals surface area (Å²) < 4.78 is 76.6. The molecular formula is C20H23F6NO3. The molecule has 2 rings (SSSR count). The molecule has 30 heavy (non-hydrogen) atoms. The fourth-order valence-corrected chi connectivity index (χ4v) is 3.68. The number of carbonyl (C=O) groups is 2. The number of aliphatic carboxylic acids is 1. The zero-order chi connectivity index (χ0) is 22.5. The van der Waals surface area contributed by atoms with Crippen molar-refractivity contribution in [2.75, 3.05) is 0 Å². The van der Waals surface area contributed by atoms with Gasteiger partial charge in [0.05, 0.1) is 5.56 Å². The van der Waals surface area contributed by atoms with Gasteiger partial charge in [-0.3, -0.25) is 9.59 Å². The van der Waals surface area contributed by atoms with Crippen molar-refractivity contribution in [3.05, 3.63) is 34.9 Å². The van der Waals surface area contributed by atoms with E-state index >= 15 is 0 Å². The summed E-state index contributed by atoms with van der Waals surface area (Å²) in [5.41, 5.74) is -1.55. The van der Waals surface area contributed by atoms with Crippen LogP contribution in [0, 0.1) is 0 Å². The smallest absolute Gasteiger partial charge is 0.416 e. The lowest BCUT2D eigenvalue weighted by atomic mass is 9.88. The molecule has 1 aromatic rings. The first kappa shape index (κ1) is 24.0. The fraction of sp³-hybridized carbons (Fsp3) is 0.600. The first-order valence-electron chi connectivity index (χ1n) is 9.68. The van der Waals surface area contributed by atoms with Crippen LogP contribution in [0.15, 0.2) is 18.2 Å². The number of carboxylic acid groups (broad SMARTS) is 1. The minimum atomic E-state index is -4.75. The van der Waals surface area contributed by atoms with E-state index in [1.807, 2.05) is 0 Å². The molecule has 1 saturated carbocycles. The summed E-state index contributed by atoms with van der Waals surface area (Å²) in [7, 11) is 0. The van der Waals surface area contributed by atoms with Gasteiger partial charge in [-0.05, 0) is 48.9 Å². The number of alkyl halides is 6. The van der Waals surface area contributed by atoms with Gasteiger partial charge < -0.3 is 10.4 Å². The molecule has 0 spiro atoms. The molecule has 1 aromatic carbocycles. The topological polar surface area (TPSA) is 66.4 Å². The van der Waals surface area contributed by atoms with Crippen molar-refractivity contribution >= 4 is 11.9 Å². The number of nitrogens with one attached hydrogen (secondary N) is 1. The third kappa shape index (κ3) is 6.91. The van der Waals surface area contributed by atoms with E-state index in [0.29, 0.717) is 25.0 Å². The van der Waals surface area contributed by atoms with E-state index in [2.05, 4.69) is 5.32 Å². The highest BCUT2D eigenvalue weighted by atomic mass is 19.4. The zero-order valence-corrected chi connectivity index (χ0v) is 16.1. The molecule has 168 valence electrons. The molecule has 1 unspecified atom stereocenters. The summed E-state index contributed by atoms with van der Waals surface area (Å²) in [5.74, 6) is -4.23. The van der Waals surface area contributed by atoms with Crippen molar-refractivity contribution in [2.45, 2.75) is 75.7 Å². The predicted molar refractivity (Wildman–Crippen MR) is 95.8 cm³/mol. The molecule has 10 heteroatoms. The van der Waals surface area contributed by atoms with Crippen molar-refractivity contribution in [1.29, 1.82) is 0 Å². The number of rotatable bonds is 7. The van der Waals surface area contributed by atoms with Gasteiger partial charge in [-0.1, -0.05) is 25.3 Å². The number of hydrogen-bond acceptors (Lipinski definition) is 2. The highest BCUT2D eigenvalue weighted by molar-refractivity contribution is 6.03. The standard InChI is InChI=1S/C20H23F6NO3/c21-19(22,23)10-4-5-12-11-13(20(24,25)26)8-9-15(12)16(18(29)30)17(28)27-14-6-2-1-3-7-14/h8-9,11,14,16H,1-7,10H2,(H,27,28)(H,29,30). The summed E-state index contributed by atoms with van der Waals surface area (Å²) in [4.78, 5) is 24.4. The van der Waals surface area contributed by atoms with E-state index < -0.39 is 55.0 Å². The number of hydrogen-bond donors (Lipinski definition) is 2. The minimum Gasteiger partial charge on any atom is -0.480 e. The summed E-state index contributed by atoms with van der Waals surface area (Å²) in [6.45, 7) is 0. The maximum atomic E-state index is 13.1. The van der Waals surface area contributed by atoms with Crippen LogP contribution in [0.5, 0.6) is 0 Å². The molecule has 0 bridgehead atoms. The number of amides is 1. The average molecular weight is 439 g/mol. The van der Waals surface area contributed by atoms with Gasteiger partial charge in [-0.25, -0.2) is 0 Å². The van der Waals surface area contributed by atoms with Crippen LogP contribution >= 0.6 is 0 Å². The molecular weight excluding hydrogens is 416 g/mol. The largest absolute Gasteiger partial charge is 0.480 e. The first-order valence-corrected chi connectivity index (χ1v) is 9.68. The molecule has 1 aliphatic rings. The van der Waals surface area contributed by atoms with E-state index in [1.165, 1.54) is 0 Å². The van der Waals surface area contributed by atoms with Crippen molar-refractivity contribution < 1.29 is 41.0 Å². The van der Waals surface area contributed by atoms with Gasteiger partial charge in [0.25, 0.3) is 0 Å². The molecule has 0 saturated heterocycles. The Kier molecular flexibility index (Phi) is 7.76. The van der Waals surface area contributed by atoms with Crippen LogP contribution in [-0.2, 0) is 22.2 Å². The zero-order valence-electron chi connectivity index (χ0n) is 16.1. The normalized spacial score (nSPS) is 16.9. The molecule has 0 heterocycles. The molecule has 1 atom stereocenters. The van der Waals surface area contributed by atoms with E-state index in [4.69, 9.17) is 0 Å². The summed E-state index contributed by atoms with van der Waals surface area (Å²) >= 11 is 0. The van der Waals surface area contributed by atoms with E-state index in [9.17, 15) is 41.0 Å². The lowest BCUT2D eigenvalue weighted by molar-refractivity contribution is -0.143. The third-order valence-electron chi connectivity index (χ3n) is 5.15. The van der Waals surface area contributed by atoms with Crippen LogP contribution in [0.3, 0.4) is 0 Å². The Balaban J connectivity index is 2.33. The maximum Gasteiger partial charge on any atom is 0.416 e. The Labute approximate surface area is 169 Å². The van der Waals surface area contributed by atoms with Gasteiger partial charge in [0.2, 0.25) is 5.91 Å².